The molecule has 1 heterocycles. The van der Waals surface area contributed by atoms with Gasteiger partial charge in [0.25, 0.3) is 0 Å². The predicted molar refractivity (Wildman–Crippen MR) is 70.2 cm³/mol. The second kappa shape index (κ2) is 4.98. The molecule has 2 rings (SSSR count). The molecule has 1 aliphatic carbocycles. The van der Waals surface area contributed by atoms with Crippen molar-refractivity contribution in [2.75, 3.05) is 7.11 Å². The predicted octanol–water partition coefficient (Wildman–Crippen LogP) is 2.19. The van der Waals surface area contributed by atoms with Crippen LogP contribution in [-0.4, -0.2) is 30.3 Å². The summed E-state index contributed by atoms with van der Waals surface area (Å²) in [5.74, 6) is -0.335. The van der Waals surface area contributed by atoms with Crippen molar-refractivity contribution in [3.05, 3.63) is 23.2 Å². The Kier molecular flexibility index (Phi) is 3.69. The number of hydrogen-bond acceptors (Lipinski definition) is 4. The summed E-state index contributed by atoms with van der Waals surface area (Å²) in [6.07, 6.45) is 1.24. The zero-order valence-electron chi connectivity index (χ0n) is 11.8. The van der Waals surface area contributed by atoms with E-state index in [0.29, 0.717) is 23.9 Å². The summed E-state index contributed by atoms with van der Waals surface area (Å²) in [5.41, 5.74) is 0.749. The van der Waals surface area contributed by atoms with E-state index in [1.807, 2.05) is 0 Å². The van der Waals surface area contributed by atoms with E-state index in [1.54, 1.807) is 20.1 Å². The van der Waals surface area contributed by atoms with Crippen molar-refractivity contribution in [1.29, 1.82) is 0 Å². The van der Waals surface area contributed by atoms with Crippen LogP contribution in [-0.2, 0) is 11.3 Å². The highest BCUT2D eigenvalue weighted by Gasteiger charge is 2.48. The number of aromatic carboxylic acids is 1. The van der Waals surface area contributed by atoms with Crippen LogP contribution in [0.1, 0.15) is 42.1 Å². The number of furan rings is 1. The molecule has 1 fully saturated rings. The zero-order valence-corrected chi connectivity index (χ0v) is 11.8. The van der Waals surface area contributed by atoms with Crippen molar-refractivity contribution >= 4 is 5.97 Å². The van der Waals surface area contributed by atoms with Gasteiger partial charge >= 0.3 is 5.97 Å². The highest BCUT2D eigenvalue weighted by molar-refractivity contribution is 5.86. The Bertz CT molecular complexity index is 478. The van der Waals surface area contributed by atoms with Gasteiger partial charge in [-0.3, -0.25) is 0 Å². The number of nitrogens with one attached hydrogen (secondary N) is 1. The molecule has 2 N–H and O–H groups in total. The average molecular weight is 267 g/mol. The highest BCUT2D eigenvalue weighted by atomic mass is 16.5. The second-order valence-electron chi connectivity index (χ2n) is 5.74. The van der Waals surface area contributed by atoms with E-state index in [1.165, 1.54) is 0 Å². The molecule has 0 radical (unpaired) electrons. The number of aryl methyl sites for hydroxylation is 1. The first-order valence-electron chi connectivity index (χ1n) is 6.45. The number of hydrogen-bond donors (Lipinski definition) is 2. The first kappa shape index (κ1) is 14.1. The first-order chi connectivity index (χ1) is 8.86. The first-order valence-corrected chi connectivity index (χ1v) is 6.45. The van der Waals surface area contributed by atoms with E-state index in [9.17, 15) is 4.79 Å². The fourth-order valence-electron chi connectivity index (χ4n) is 2.70. The fourth-order valence-corrected chi connectivity index (χ4v) is 2.70. The van der Waals surface area contributed by atoms with E-state index < -0.39 is 5.97 Å². The van der Waals surface area contributed by atoms with E-state index in [0.717, 1.165) is 6.42 Å². The summed E-state index contributed by atoms with van der Waals surface area (Å²) in [6, 6.07) is 2.13. The minimum atomic E-state index is -1.02. The Balaban J connectivity index is 1.94. The molecule has 106 valence electrons. The maximum atomic E-state index is 10.9. The monoisotopic (exact) mass is 267 g/mol. The molecule has 0 saturated heterocycles. The maximum Gasteiger partial charge on any atom is 0.372 e. The molecule has 19 heavy (non-hydrogen) atoms. The van der Waals surface area contributed by atoms with Gasteiger partial charge in [-0.15, -0.1) is 0 Å². The second-order valence-corrected chi connectivity index (χ2v) is 5.74. The number of carboxylic acid groups (broad SMARTS) is 1. The minimum Gasteiger partial charge on any atom is -0.475 e. The summed E-state index contributed by atoms with van der Waals surface area (Å²) < 4.78 is 10.7. The molecule has 2 unspecified atom stereocenters. The van der Waals surface area contributed by atoms with Crippen LogP contribution in [0.4, 0.5) is 0 Å². The topological polar surface area (TPSA) is 71.7 Å². The van der Waals surface area contributed by atoms with E-state index >= 15 is 0 Å². The van der Waals surface area contributed by atoms with Crippen LogP contribution >= 0.6 is 0 Å². The Labute approximate surface area is 112 Å². The quantitative estimate of drug-likeness (QED) is 0.855. The maximum absolute atomic E-state index is 10.9. The van der Waals surface area contributed by atoms with Crippen molar-refractivity contribution in [1.82, 2.24) is 5.32 Å². The van der Waals surface area contributed by atoms with Crippen molar-refractivity contribution in [3.63, 3.8) is 0 Å². The molecule has 1 saturated carbocycles. The number of ether oxygens (including phenoxy) is 1. The molecule has 1 aromatic rings. The van der Waals surface area contributed by atoms with Crippen LogP contribution in [0.25, 0.3) is 0 Å². The Hall–Kier alpha value is -1.33. The van der Waals surface area contributed by atoms with Crippen molar-refractivity contribution < 1.29 is 19.1 Å². The zero-order chi connectivity index (χ0) is 14.2. The number of rotatable bonds is 5. The normalized spacial score (nSPS) is 25.1. The van der Waals surface area contributed by atoms with Gasteiger partial charge in [-0.25, -0.2) is 4.79 Å². The van der Waals surface area contributed by atoms with Crippen molar-refractivity contribution in [2.24, 2.45) is 5.41 Å². The van der Waals surface area contributed by atoms with Gasteiger partial charge in [0.05, 0.1) is 12.6 Å². The molecule has 1 aliphatic rings. The Morgan fingerprint density at radius 1 is 1.63 bits per heavy atom. The van der Waals surface area contributed by atoms with Gasteiger partial charge in [0, 0.05) is 24.1 Å². The van der Waals surface area contributed by atoms with E-state index in [-0.39, 0.29) is 17.3 Å². The molecule has 0 aromatic carbocycles. The third kappa shape index (κ3) is 2.53. The molecule has 1 aromatic heterocycles. The van der Waals surface area contributed by atoms with Crippen LogP contribution in [0.2, 0.25) is 0 Å². The van der Waals surface area contributed by atoms with Crippen LogP contribution in [0.15, 0.2) is 10.5 Å². The summed E-state index contributed by atoms with van der Waals surface area (Å²) >= 11 is 0. The molecule has 0 bridgehead atoms. The third-order valence-corrected chi connectivity index (χ3v) is 4.15. The highest BCUT2D eigenvalue weighted by Crippen LogP contribution is 2.42. The van der Waals surface area contributed by atoms with Crippen LogP contribution in [0, 0.1) is 12.3 Å². The van der Waals surface area contributed by atoms with Gasteiger partial charge in [0.1, 0.15) is 5.76 Å². The SMILES string of the molecule is COC1CC(NCc2cc(C)c(C(=O)O)o2)C1(C)C. The van der Waals surface area contributed by atoms with E-state index in [2.05, 4.69) is 19.2 Å². The largest absolute Gasteiger partial charge is 0.475 e. The lowest BCUT2D eigenvalue weighted by atomic mass is 9.64. The lowest BCUT2D eigenvalue weighted by Crippen LogP contribution is -2.60. The number of carboxylic acids is 1. The van der Waals surface area contributed by atoms with Gasteiger partial charge in [0.2, 0.25) is 5.76 Å². The molecular weight excluding hydrogens is 246 g/mol. The van der Waals surface area contributed by atoms with Crippen molar-refractivity contribution in [3.8, 4) is 0 Å². The molecule has 0 spiro atoms. The molecular formula is C14H21NO4. The Morgan fingerprint density at radius 2 is 2.32 bits per heavy atom. The lowest BCUT2D eigenvalue weighted by Gasteiger charge is -2.51. The summed E-state index contributed by atoms with van der Waals surface area (Å²) in [6.45, 7) is 6.61. The summed E-state index contributed by atoms with van der Waals surface area (Å²) in [4.78, 5) is 10.9. The number of carbonyl (C=O) groups is 1. The van der Waals surface area contributed by atoms with Gasteiger partial charge in [-0.2, -0.15) is 0 Å². The summed E-state index contributed by atoms with van der Waals surface area (Å²) in [7, 11) is 1.73. The number of methoxy groups -OCH3 is 1. The molecule has 0 amide bonds. The fraction of sp³-hybridized carbons (Fsp3) is 0.643. The molecule has 5 heteroatoms. The van der Waals surface area contributed by atoms with Crippen LogP contribution in [0.3, 0.4) is 0 Å². The molecule has 2 atom stereocenters. The van der Waals surface area contributed by atoms with E-state index in [4.69, 9.17) is 14.3 Å². The van der Waals surface area contributed by atoms with Crippen molar-refractivity contribution in [2.45, 2.75) is 45.9 Å². The van der Waals surface area contributed by atoms with Gasteiger partial charge in [0.15, 0.2) is 0 Å². The van der Waals surface area contributed by atoms with Gasteiger partial charge < -0.3 is 19.6 Å². The molecule has 0 aliphatic heterocycles. The third-order valence-electron chi connectivity index (χ3n) is 4.15. The van der Waals surface area contributed by atoms with Gasteiger partial charge in [-0.05, 0) is 19.4 Å². The minimum absolute atomic E-state index is 0.0273. The molecule has 5 nitrogen and oxygen atoms in total. The average Bonchev–Trinajstić information content (AvgIpc) is 2.69. The summed E-state index contributed by atoms with van der Waals surface area (Å²) in [5, 5.41) is 12.3. The van der Waals surface area contributed by atoms with Crippen LogP contribution in [0.5, 0.6) is 0 Å². The van der Waals surface area contributed by atoms with Gasteiger partial charge in [-0.1, -0.05) is 13.8 Å². The van der Waals surface area contributed by atoms with Crippen LogP contribution < -0.4 is 5.32 Å². The Morgan fingerprint density at radius 3 is 2.79 bits per heavy atom. The smallest absolute Gasteiger partial charge is 0.372 e. The lowest BCUT2D eigenvalue weighted by molar-refractivity contribution is -0.0982. The standard InChI is InChI=1S/C14H21NO4/c1-8-5-9(19-12(8)13(16)17)7-15-10-6-11(18-4)14(10,2)3/h5,10-11,15H,6-7H2,1-4H3,(H,16,17).